The first kappa shape index (κ1) is 13.7. The van der Waals surface area contributed by atoms with Crippen molar-refractivity contribution in [3.05, 3.63) is 23.8 Å². The zero-order chi connectivity index (χ0) is 14.4. The van der Waals surface area contributed by atoms with Crippen LogP contribution >= 0.6 is 0 Å². The molecule has 1 aromatic rings. The van der Waals surface area contributed by atoms with Crippen LogP contribution in [0.1, 0.15) is 19.4 Å². The largest absolute Gasteiger partial charge is 0.496 e. The molecule has 0 aromatic heterocycles. The molecule has 2 N–H and O–H groups in total. The van der Waals surface area contributed by atoms with Gasteiger partial charge in [0, 0.05) is 17.3 Å². The zero-order valence-electron chi connectivity index (χ0n) is 11.0. The van der Waals surface area contributed by atoms with Crippen LogP contribution in [-0.4, -0.2) is 30.5 Å². The Hall–Kier alpha value is -1.76. The number of nitrogens with zero attached hydrogens (tertiary/aromatic N) is 1. The maximum absolute atomic E-state index is 12.0. The van der Waals surface area contributed by atoms with Crippen molar-refractivity contribution in [2.45, 2.75) is 25.1 Å². The maximum atomic E-state index is 12.0. The fraction of sp³-hybridized carbons (Fsp3) is 0.417. The number of carbonyl (C=O) groups is 1. The molecule has 1 aromatic carbocycles. The van der Waals surface area contributed by atoms with Gasteiger partial charge in [-0.25, -0.2) is 12.7 Å². The number of methoxy groups -OCH3 is 1. The monoisotopic (exact) mass is 284 g/mol. The quantitative estimate of drug-likeness (QED) is 0.826. The van der Waals surface area contributed by atoms with Crippen LogP contribution < -0.4 is 10.5 Å². The van der Waals surface area contributed by atoms with Gasteiger partial charge in [0.1, 0.15) is 5.75 Å². The van der Waals surface area contributed by atoms with Crippen molar-refractivity contribution in [2.24, 2.45) is 0 Å². The van der Waals surface area contributed by atoms with Gasteiger partial charge >= 0.3 is 0 Å². The number of nitrogens with two attached hydrogens (primary N) is 1. The molecule has 6 nitrogen and oxygen atoms in total. The Morgan fingerprint density at radius 2 is 2.00 bits per heavy atom. The van der Waals surface area contributed by atoms with Gasteiger partial charge in [-0.1, -0.05) is 6.07 Å². The van der Waals surface area contributed by atoms with Crippen molar-refractivity contribution in [1.29, 1.82) is 0 Å². The number of sulfonamides is 1. The molecule has 19 heavy (non-hydrogen) atoms. The molecule has 0 atom stereocenters. The number of nitrogen functional groups attached to an aromatic ring is 1. The highest BCUT2D eigenvalue weighted by Gasteiger charge is 2.60. The minimum Gasteiger partial charge on any atom is -0.496 e. The van der Waals surface area contributed by atoms with Gasteiger partial charge in [0.15, 0.2) is 4.75 Å². The highest BCUT2D eigenvalue weighted by Crippen LogP contribution is 2.37. The fourth-order valence-corrected chi connectivity index (χ4v) is 3.46. The molecule has 1 saturated heterocycles. The second-order valence-corrected chi connectivity index (χ2v) is 7.31. The van der Waals surface area contributed by atoms with E-state index in [4.69, 9.17) is 10.5 Å². The number of rotatable bonds is 3. The Kier molecular flexibility index (Phi) is 2.97. The van der Waals surface area contributed by atoms with Gasteiger partial charge in [0.25, 0.3) is 15.9 Å². The number of hydrogen-bond acceptors (Lipinski definition) is 5. The third-order valence-corrected chi connectivity index (χ3v) is 5.64. The van der Waals surface area contributed by atoms with Crippen molar-refractivity contribution in [3.8, 4) is 5.75 Å². The van der Waals surface area contributed by atoms with E-state index < -0.39 is 20.7 Å². The average Bonchev–Trinajstić information content (AvgIpc) is 2.35. The Morgan fingerprint density at radius 3 is 2.53 bits per heavy atom. The van der Waals surface area contributed by atoms with Crippen molar-refractivity contribution in [3.63, 3.8) is 0 Å². The summed E-state index contributed by atoms with van der Waals surface area (Å²) in [4.78, 5) is 11.9. The molecular formula is C12H16N2O4S. The summed E-state index contributed by atoms with van der Waals surface area (Å²) in [5.41, 5.74) is 6.74. The molecule has 1 amide bonds. The number of hydrogen-bond donors (Lipinski definition) is 1. The van der Waals surface area contributed by atoms with Gasteiger partial charge in [-0.15, -0.1) is 0 Å². The van der Waals surface area contributed by atoms with Gasteiger partial charge in [-0.2, -0.15) is 0 Å². The minimum absolute atomic E-state index is 0.0337. The SMILES string of the molecule is COc1cc(N)ccc1CN1C(=O)C(C)(C)S1(=O)=O. The summed E-state index contributed by atoms with van der Waals surface area (Å²) >= 11 is 0. The first-order valence-electron chi connectivity index (χ1n) is 5.71. The lowest BCUT2D eigenvalue weighted by atomic mass is 10.1. The van der Waals surface area contributed by atoms with Crippen LogP contribution in [0.2, 0.25) is 0 Å². The number of carbonyl (C=O) groups excluding carboxylic acids is 1. The van der Waals surface area contributed by atoms with Crippen LogP contribution in [0.25, 0.3) is 0 Å². The van der Waals surface area contributed by atoms with Crippen LogP contribution in [0, 0.1) is 0 Å². The molecule has 1 fully saturated rings. The molecule has 0 aliphatic carbocycles. The Morgan fingerprint density at radius 1 is 1.37 bits per heavy atom. The van der Waals surface area contributed by atoms with Crippen LogP contribution in [-0.2, 0) is 21.4 Å². The van der Waals surface area contributed by atoms with E-state index in [1.54, 1.807) is 18.2 Å². The van der Waals surface area contributed by atoms with Gasteiger partial charge in [-0.3, -0.25) is 4.79 Å². The van der Waals surface area contributed by atoms with Crippen molar-refractivity contribution in [2.75, 3.05) is 12.8 Å². The van der Waals surface area contributed by atoms with Gasteiger partial charge in [0.05, 0.1) is 13.7 Å². The molecule has 104 valence electrons. The normalized spacial score (nSPS) is 19.9. The first-order valence-corrected chi connectivity index (χ1v) is 7.15. The summed E-state index contributed by atoms with van der Waals surface area (Å²) in [7, 11) is -2.12. The second-order valence-electron chi connectivity index (χ2n) is 4.90. The summed E-state index contributed by atoms with van der Waals surface area (Å²) in [5, 5.41) is 0. The lowest BCUT2D eigenvalue weighted by Crippen LogP contribution is -2.66. The van der Waals surface area contributed by atoms with Crippen LogP contribution in [0.15, 0.2) is 18.2 Å². The number of benzene rings is 1. The predicted octanol–water partition coefficient (Wildman–Crippen LogP) is 0.728. The molecular weight excluding hydrogens is 268 g/mol. The molecule has 0 spiro atoms. The van der Waals surface area contributed by atoms with Crippen molar-refractivity contribution >= 4 is 21.6 Å². The van der Waals surface area contributed by atoms with E-state index in [9.17, 15) is 13.2 Å². The number of amides is 1. The fourth-order valence-electron chi connectivity index (χ4n) is 1.96. The molecule has 1 aliphatic heterocycles. The van der Waals surface area contributed by atoms with Crippen LogP contribution in [0.3, 0.4) is 0 Å². The highest BCUT2D eigenvalue weighted by molar-refractivity contribution is 7.94. The van der Waals surface area contributed by atoms with Crippen LogP contribution in [0.5, 0.6) is 5.75 Å². The van der Waals surface area contributed by atoms with Crippen LogP contribution in [0.4, 0.5) is 5.69 Å². The first-order chi connectivity index (χ1) is 8.71. The topological polar surface area (TPSA) is 89.7 Å². The number of anilines is 1. The maximum Gasteiger partial charge on any atom is 0.259 e. The van der Waals surface area contributed by atoms with E-state index in [0.717, 1.165) is 4.31 Å². The molecule has 0 unspecified atom stereocenters. The van der Waals surface area contributed by atoms with E-state index in [1.165, 1.54) is 21.0 Å². The summed E-state index contributed by atoms with van der Waals surface area (Å²) in [5.74, 6) is 0.0547. The molecule has 0 radical (unpaired) electrons. The van der Waals surface area contributed by atoms with Crippen molar-refractivity contribution < 1.29 is 17.9 Å². The van der Waals surface area contributed by atoms with E-state index >= 15 is 0 Å². The van der Waals surface area contributed by atoms with E-state index in [1.807, 2.05) is 0 Å². The average molecular weight is 284 g/mol. The summed E-state index contributed by atoms with van der Waals surface area (Å²) in [6, 6.07) is 4.89. The van der Waals surface area contributed by atoms with E-state index in [2.05, 4.69) is 0 Å². The Bertz CT molecular complexity index is 637. The van der Waals surface area contributed by atoms with E-state index in [-0.39, 0.29) is 6.54 Å². The standard InChI is InChI=1S/C12H16N2O4S/c1-12(2)11(15)14(19(12,16)17)7-8-4-5-9(13)6-10(8)18-3/h4-6H,7,13H2,1-3H3. The zero-order valence-corrected chi connectivity index (χ0v) is 11.8. The molecule has 1 heterocycles. The Balaban J connectivity index is 2.32. The summed E-state index contributed by atoms with van der Waals surface area (Å²) in [6.07, 6.45) is 0. The summed E-state index contributed by atoms with van der Waals surface area (Å²) < 4.78 is 28.6. The Labute approximate surface area is 112 Å². The molecule has 1 aliphatic rings. The van der Waals surface area contributed by atoms with Crippen molar-refractivity contribution in [1.82, 2.24) is 4.31 Å². The van der Waals surface area contributed by atoms with Gasteiger partial charge in [-0.05, 0) is 19.9 Å². The minimum atomic E-state index is -3.59. The smallest absolute Gasteiger partial charge is 0.259 e. The van der Waals surface area contributed by atoms with E-state index in [0.29, 0.717) is 17.0 Å². The molecule has 7 heteroatoms. The molecule has 0 bridgehead atoms. The lowest BCUT2D eigenvalue weighted by Gasteiger charge is -2.43. The van der Waals surface area contributed by atoms with Gasteiger partial charge in [0.2, 0.25) is 0 Å². The second kappa shape index (κ2) is 4.12. The third kappa shape index (κ3) is 1.85. The predicted molar refractivity (Wildman–Crippen MR) is 71.0 cm³/mol. The molecule has 0 saturated carbocycles. The molecule has 2 rings (SSSR count). The lowest BCUT2D eigenvalue weighted by molar-refractivity contribution is -0.132. The summed E-state index contributed by atoms with van der Waals surface area (Å²) in [6.45, 7) is 2.77. The third-order valence-electron chi connectivity index (χ3n) is 3.30. The number of ether oxygens (including phenoxy) is 1. The highest BCUT2D eigenvalue weighted by atomic mass is 32.2. The van der Waals surface area contributed by atoms with Gasteiger partial charge < -0.3 is 10.5 Å².